The van der Waals surface area contributed by atoms with Crippen molar-refractivity contribution in [3.05, 3.63) is 17.0 Å². The molecule has 1 unspecified atom stereocenters. The predicted molar refractivity (Wildman–Crippen MR) is 78.6 cm³/mol. The Balaban J connectivity index is 2.00. The number of carboxylic acids is 1. The maximum atomic E-state index is 12.2. The van der Waals surface area contributed by atoms with Crippen LogP contribution in [-0.4, -0.2) is 60.1 Å². The summed E-state index contributed by atoms with van der Waals surface area (Å²) >= 11 is 1.22. The number of piperidine rings is 1. The molecule has 20 heavy (non-hydrogen) atoms. The lowest BCUT2D eigenvalue weighted by Crippen LogP contribution is -2.48. The lowest BCUT2D eigenvalue weighted by molar-refractivity contribution is 0.0698. The SMILES string of the molecule is CN1CCCC(N(C)C(=O)Nc2sccc2C(=O)O)C1. The maximum Gasteiger partial charge on any atom is 0.338 e. The van der Waals surface area contributed by atoms with Gasteiger partial charge < -0.3 is 14.9 Å². The number of carboxylic acid groups (broad SMARTS) is 1. The number of hydrogen-bond acceptors (Lipinski definition) is 4. The van der Waals surface area contributed by atoms with Gasteiger partial charge in [0, 0.05) is 19.6 Å². The van der Waals surface area contributed by atoms with Crippen LogP contribution in [0.1, 0.15) is 23.2 Å². The van der Waals surface area contributed by atoms with Gasteiger partial charge in [0.05, 0.1) is 5.56 Å². The van der Waals surface area contributed by atoms with Crippen LogP contribution < -0.4 is 5.32 Å². The van der Waals surface area contributed by atoms with Crippen molar-refractivity contribution < 1.29 is 14.7 Å². The lowest BCUT2D eigenvalue weighted by Gasteiger charge is -2.35. The predicted octanol–water partition coefficient (Wildman–Crippen LogP) is 2.00. The molecule has 2 rings (SSSR count). The number of hydrogen-bond donors (Lipinski definition) is 2. The normalized spacial score (nSPS) is 19.6. The van der Waals surface area contributed by atoms with Crippen molar-refractivity contribution in [2.75, 3.05) is 32.5 Å². The van der Waals surface area contributed by atoms with Gasteiger partial charge in [0.15, 0.2) is 0 Å². The zero-order valence-electron chi connectivity index (χ0n) is 11.6. The van der Waals surface area contributed by atoms with E-state index >= 15 is 0 Å². The molecule has 1 aliphatic rings. The van der Waals surface area contributed by atoms with Gasteiger partial charge in [-0.05, 0) is 37.9 Å². The van der Waals surface area contributed by atoms with Crippen molar-refractivity contribution >= 4 is 28.3 Å². The van der Waals surface area contributed by atoms with Crippen molar-refractivity contribution in [1.82, 2.24) is 9.80 Å². The monoisotopic (exact) mass is 297 g/mol. The number of carbonyl (C=O) groups excluding carboxylic acids is 1. The van der Waals surface area contributed by atoms with Gasteiger partial charge in [-0.3, -0.25) is 5.32 Å². The Bertz CT molecular complexity index is 503. The van der Waals surface area contributed by atoms with Crippen LogP contribution in [0, 0.1) is 0 Å². The molecule has 1 fully saturated rings. The number of carbonyl (C=O) groups is 2. The summed E-state index contributed by atoms with van der Waals surface area (Å²) in [5.74, 6) is -1.03. The van der Waals surface area contributed by atoms with Gasteiger partial charge >= 0.3 is 12.0 Å². The number of thiophene rings is 1. The molecule has 1 aliphatic heterocycles. The molecular weight excluding hydrogens is 278 g/mol. The first kappa shape index (κ1) is 14.8. The molecule has 0 bridgehead atoms. The molecule has 1 saturated heterocycles. The lowest BCUT2D eigenvalue weighted by atomic mass is 10.1. The quantitative estimate of drug-likeness (QED) is 0.895. The minimum atomic E-state index is -1.03. The molecule has 1 atom stereocenters. The first-order chi connectivity index (χ1) is 9.49. The summed E-state index contributed by atoms with van der Waals surface area (Å²) in [5.41, 5.74) is 0.137. The Morgan fingerprint density at radius 1 is 1.55 bits per heavy atom. The maximum absolute atomic E-state index is 12.2. The summed E-state index contributed by atoms with van der Waals surface area (Å²) in [7, 11) is 3.80. The fraction of sp³-hybridized carbons (Fsp3) is 0.538. The summed E-state index contributed by atoms with van der Waals surface area (Å²) in [6, 6.07) is 1.41. The van der Waals surface area contributed by atoms with Gasteiger partial charge in [-0.15, -0.1) is 11.3 Å². The van der Waals surface area contributed by atoms with E-state index in [0.717, 1.165) is 25.9 Å². The number of anilines is 1. The van der Waals surface area contributed by atoms with Crippen molar-refractivity contribution in [3.63, 3.8) is 0 Å². The van der Waals surface area contributed by atoms with E-state index in [9.17, 15) is 9.59 Å². The molecule has 0 saturated carbocycles. The smallest absolute Gasteiger partial charge is 0.338 e. The number of likely N-dealkylation sites (N-methyl/N-ethyl adjacent to an activating group) is 2. The fourth-order valence-electron chi connectivity index (χ4n) is 2.38. The number of nitrogens with one attached hydrogen (secondary N) is 1. The topological polar surface area (TPSA) is 72.9 Å². The molecule has 110 valence electrons. The zero-order valence-corrected chi connectivity index (χ0v) is 12.4. The van der Waals surface area contributed by atoms with Gasteiger partial charge in [0.25, 0.3) is 0 Å². The third-order valence-electron chi connectivity index (χ3n) is 3.58. The van der Waals surface area contributed by atoms with Crippen LogP contribution in [0.25, 0.3) is 0 Å². The largest absolute Gasteiger partial charge is 0.478 e. The summed E-state index contributed by atoms with van der Waals surface area (Å²) in [5, 5.41) is 13.8. The average Bonchev–Trinajstić information content (AvgIpc) is 2.86. The molecule has 2 heterocycles. The van der Waals surface area contributed by atoms with Gasteiger partial charge in [0.2, 0.25) is 0 Å². The van der Waals surface area contributed by atoms with E-state index in [4.69, 9.17) is 5.11 Å². The molecular formula is C13H19N3O3S. The highest BCUT2D eigenvalue weighted by Gasteiger charge is 2.25. The third kappa shape index (κ3) is 3.29. The van der Waals surface area contributed by atoms with E-state index in [1.807, 2.05) is 7.05 Å². The van der Waals surface area contributed by atoms with Crippen LogP contribution >= 0.6 is 11.3 Å². The van der Waals surface area contributed by atoms with Gasteiger partial charge in [-0.2, -0.15) is 0 Å². The summed E-state index contributed by atoms with van der Waals surface area (Å²) in [6.07, 6.45) is 2.04. The number of amides is 2. The van der Waals surface area contributed by atoms with E-state index in [0.29, 0.717) is 5.00 Å². The average molecular weight is 297 g/mol. The molecule has 2 amide bonds. The van der Waals surface area contributed by atoms with E-state index in [1.165, 1.54) is 17.4 Å². The fourth-order valence-corrected chi connectivity index (χ4v) is 3.15. The number of likely N-dealkylation sites (tertiary alicyclic amines) is 1. The number of urea groups is 1. The second-order valence-corrected chi connectivity index (χ2v) is 5.98. The second-order valence-electron chi connectivity index (χ2n) is 5.07. The van der Waals surface area contributed by atoms with E-state index in [1.54, 1.807) is 17.3 Å². The summed E-state index contributed by atoms with van der Waals surface area (Å²) in [6.45, 7) is 1.90. The van der Waals surface area contributed by atoms with Crippen molar-refractivity contribution in [2.24, 2.45) is 0 Å². The van der Waals surface area contributed by atoms with Gasteiger partial charge in [0.1, 0.15) is 5.00 Å². The van der Waals surface area contributed by atoms with Crippen LogP contribution in [-0.2, 0) is 0 Å². The Hall–Kier alpha value is -1.60. The number of nitrogens with zero attached hydrogens (tertiary/aromatic N) is 2. The molecule has 2 N–H and O–H groups in total. The molecule has 1 aromatic heterocycles. The van der Waals surface area contributed by atoms with E-state index in [2.05, 4.69) is 10.2 Å². The molecule has 0 radical (unpaired) electrons. The third-order valence-corrected chi connectivity index (χ3v) is 4.41. The first-order valence-corrected chi connectivity index (χ1v) is 7.40. The summed E-state index contributed by atoms with van der Waals surface area (Å²) in [4.78, 5) is 27.1. The highest BCUT2D eigenvalue weighted by atomic mass is 32.1. The molecule has 1 aromatic rings. The van der Waals surface area contributed by atoms with Crippen LogP contribution in [0.2, 0.25) is 0 Å². The molecule has 6 nitrogen and oxygen atoms in total. The van der Waals surface area contributed by atoms with Crippen molar-refractivity contribution in [3.8, 4) is 0 Å². The minimum Gasteiger partial charge on any atom is -0.478 e. The minimum absolute atomic E-state index is 0.137. The standard InChI is InChI=1S/C13H19N3O3S/c1-15-6-3-4-9(8-15)16(2)13(19)14-11-10(12(17)18)5-7-20-11/h5,7,9H,3-4,6,8H2,1-2H3,(H,14,19)(H,17,18). The first-order valence-electron chi connectivity index (χ1n) is 6.52. The van der Waals surface area contributed by atoms with Crippen LogP contribution in [0.15, 0.2) is 11.4 Å². The van der Waals surface area contributed by atoms with Crippen molar-refractivity contribution in [1.29, 1.82) is 0 Å². The van der Waals surface area contributed by atoms with Gasteiger partial charge in [-0.1, -0.05) is 0 Å². The molecule has 0 spiro atoms. The second kappa shape index (κ2) is 6.23. The van der Waals surface area contributed by atoms with Gasteiger partial charge in [-0.25, -0.2) is 9.59 Å². The highest BCUT2D eigenvalue weighted by molar-refractivity contribution is 7.14. The molecule has 0 aliphatic carbocycles. The van der Waals surface area contributed by atoms with Crippen LogP contribution in [0.4, 0.5) is 9.80 Å². The Morgan fingerprint density at radius 3 is 2.95 bits per heavy atom. The summed E-state index contributed by atoms with van der Waals surface area (Å²) < 4.78 is 0. The Morgan fingerprint density at radius 2 is 2.30 bits per heavy atom. The number of rotatable bonds is 3. The van der Waals surface area contributed by atoms with E-state index in [-0.39, 0.29) is 17.6 Å². The zero-order chi connectivity index (χ0) is 14.7. The van der Waals surface area contributed by atoms with Crippen LogP contribution in [0.5, 0.6) is 0 Å². The Kier molecular flexibility index (Phi) is 4.61. The van der Waals surface area contributed by atoms with E-state index < -0.39 is 5.97 Å². The molecule has 0 aromatic carbocycles. The van der Waals surface area contributed by atoms with Crippen molar-refractivity contribution in [2.45, 2.75) is 18.9 Å². The highest BCUT2D eigenvalue weighted by Crippen LogP contribution is 2.24. The molecule has 7 heteroatoms. The van der Waals surface area contributed by atoms with Crippen LogP contribution in [0.3, 0.4) is 0 Å². The Labute approximate surface area is 122 Å². The number of aromatic carboxylic acids is 1.